The van der Waals surface area contributed by atoms with Crippen LogP contribution in [0.2, 0.25) is 0 Å². The SMILES string of the molecule is CCCC(Oc1c(C(=O)c2cccc3c2COC3=O)ccc(OC)c1OC)C1(C(=O)O)CC1. The maximum atomic E-state index is 13.7. The number of carbonyl (C=O) groups excluding carboxylic acids is 2. The van der Waals surface area contributed by atoms with E-state index in [1.165, 1.54) is 14.2 Å². The number of rotatable bonds is 10. The van der Waals surface area contributed by atoms with Gasteiger partial charge in [-0.15, -0.1) is 0 Å². The van der Waals surface area contributed by atoms with E-state index in [0.29, 0.717) is 48.1 Å². The van der Waals surface area contributed by atoms with E-state index < -0.39 is 23.5 Å². The minimum Gasteiger partial charge on any atom is -0.493 e. The summed E-state index contributed by atoms with van der Waals surface area (Å²) >= 11 is 0. The Labute approximate surface area is 191 Å². The van der Waals surface area contributed by atoms with Crippen molar-refractivity contribution in [2.75, 3.05) is 14.2 Å². The van der Waals surface area contributed by atoms with Gasteiger partial charge < -0.3 is 24.1 Å². The zero-order valence-electron chi connectivity index (χ0n) is 18.8. The van der Waals surface area contributed by atoms with Crippen LogP contribution in [0.4, 0.5) is 0 Å². The number of hydrogen-bond acceptors (Lipinski definition) is 7. The van der Waals surface area contributed by atoms with Crippen molar-refractivity contribution in [3.05, 3.63) is 52.6 Å². The first kappa shape index (κ1) is 22.6. The van der Waals surface area contributed by atoms with Crippen LogP contribution in [-0.2, 0) is 16.1 Å². The van der Waals surface area contributed by atoms with E-state index in [-0.39, 0.29) is 29.5 Å². The third-order valence-corrected chi connectivity index (χ3v) is 6.37. The van der Waals surface area contributed by atoms with Gasteiger partial charge in [-0.05, 0) is 37.5 Å². The van der Waals surface area contributed by atoms with Crippen LogP contribution in [0.1, 0.15) is 64.4 Å². The Balaban J connectivity index is 1.82. The zero-order chi connectivity index (χ0) is 23.8. The number of benzene rings is 2. The summed E-state index contributed by atoms with van der Waals surface area (Å²) in [5.41, 5.74) is 0.404. The number of carboxylic acids is 1. The molecule has 0 aromatic heterocycles. The van der Waals surface area contributed by atoms with Crippen molar-refractivity contribution in [3.63, 3.8) is 0 Å². The highest BCUT2D eigenvalue weighted by Gasteiger charge is 2.57. The third kappa shape index (κ3) is 3.79. The highest BCUT2D eigenvalue weighted by molar-refractivity contribution is 6.14. The van der Waals surface area contributed by atoms with Gasteiger partial charge in [0.05, 0.1) is 25.3 Å². The molecule has 174 valence electrons. The first-order chi connectivity index (χ1) is 15.9. The van der Waals surface area contributed by atoms with Crippen molar-refractivity contribution in [1.82, 2.24) is 0 Å². The van der Waals surface area contributed by atoms with Crippen LogP contribution in [0.15, 0.2) is 30.3 Å². The molecule has 33 heavy (non-hydrogen) atoms. The molecule has 1 N–H and O–H groups in total. The molecule has 8 nitrogen and oxygen atoms in total. The van der Waals surface area contributed by atoms with Crippen LogP contribution in [0.25, 0.3) is 0 Å². The van der Waals surface area contributed by atoms with Gasteiger partial charge in [-0.1, -0.05) is 25.5 Å². The summed E-state index contributed by atoms with van der Waals surface area (Å²) in [6.45, 7) is 1.97. The Morgan fingerprint density at radius 1 is 1.09 bits per heavy atom. The average Bonchev–Trinajstić information content (AvgIpc) is 3.55. The Kier molecular flexibility index (Phi) is 6.01. The van der Waals surface area contributed by atoms with E-state index in [0.717, 1.165) is 0 Å². The van der Waals surface area contributed by atoms with Gasteiger partial charge in [0.1, 0.15) is 18.1 Å². The second-order valence-electron chi connectivity index (χ2n) is 8.27. The second kappa shape index (κ2) is 8.77. The first-order valence-corrected chi connectivity index (χ1v) is 10.9. The number of esters is 1. The minimum absolute atomic E-state index is 0.0140. The molecular weight excluding hydrogens is 428 g/mol. The molecular formula is C25H26O8. The Morgan fingerprint density at radius 3 is 2.45 bits per heavy atom. The third-order valence-electron chi connectivity index (χ3n) is 6.37. The van der Waals surface area contributed by atoms with Crippen molar-refractivity contribution < 1.29 is 38.4 Å². The molecule has 4 rings (SSSR count). The zero-order valence-corrected chi connectivity index (χ0v) is 18.8. The fourth-order valence-electron chi connectivity index (χ4n) is 4.36. The number of ether oxygens (including phenoxy) is 4. The maximum Gasteiger partial charge on any atom is 0.338 e. The topological polar surface area (TPSA) is 108 Å². The first-order valence-electron chi connectivity index (χ1n) is 10.9. The monoisotopic (exact) mass is 454 g/mol. The molecule has 2 aromatic rings. The number of carbonyl (C=O) groups is 3. The molecule has 1 fully saturated rings. The van der Waals surface area contributed by atoms with E-state index in [1.54, 1.807) is 30.3 Å². The fourth-order valence-corrected chi connectivity index (χ4v) is 4.36. The standard InChI is InChI=1S/C25H26O8/c1-4-6-19(25(11-12-25)24(28)29)33-21-16(9-10-18(30-2)22(21)31-3)20(26)14-7-5-8-15-17(14)13-32-23(15)27/h5,7-10,19H,4,6,11-13H2,1-3H3,(H,28,29). The van der Waals surface area contributed by atoms with Gasteiger partial charge >= 0.3 is 11.9 Å². The molecule has 1 heterocycles. The summed E-state index contributed by atoms with van der Waals surface area (Å²) in [6.07, 6.45) is 1.59. The normalized spacial score (nSPS) is 16.4. The number of methoxy groups -OCH3 is 2. The lowest BCUT2D eigenvalue weighted by molar-refractivity contribution is -0.147. The van der Waals surface area contributed by atoms with Crippen LogP contribution in [0.5, 0.6) is 17.2 Å². The molecule has 0 radical (unpaired) electrons. The number of carboxylic acid groups (broad SMARTS) is 1. The van der Waals surface area contributed by atoms with Crippen molar-refractivity contribution >= 4 is 17.7 Å². The number of fused-ring (bicyclic) bond motifs is 1. The summed E-state index contributed by atoms with van der Waals surface area (Å²) in [7, 11) is 2.91. The van der Waals surface area contributed by atoms with Gasteiger partial charge in [0.2, 0.25) is 5.75 Å². The average molecular weight is 454 g/mol. The molecule has 2 aliphatic rings. The maximum absolute atomic E-state index is 13.7. The number of aliphatic carboxylic acids is 1. The Morgan fingerprint density at radius 2 is 1.85 bits per heavy atom. The molecule has 0 amide bonds. The van der Waals surface area contributed by atoms with Crippen LogP contribution < -0.4 is 14.2 Å². The molecule has 0 spiro atoms. The van der Waals surface area contributed by atoms with Gasteiger partial charge in [0.25, 0.3) is 0 Å². The van der Waals surface area contributed by atoms with Crippen molar-refractivity contribution in [3.8, 4) is 17.2 Å². The molecule has 1 saturated carbocycles. The molecule has 1 aliphatic carbocycles. The predicted molar refractivity (Wildman–Crippen MR) is 117 cm³/mol. The van der Waals surface area contributed by atoms with E-state index in [2.05, 4.69) is 0 Å². The van der Waals surface area contributed by atoms with E-state index in [4.69, 9.17) is 18.9 Å². The van der Waals surface area contributed by atoms with E-state index in [9.17, 15) is 19.5 Å². The Hall–Kier alpha value is -3.55. The van der Waals surface area contributed by atoms with Gasteiger partial charge in [-0.3, -0.25) is 9.59 Å². The molecule has 1 unspecified atom stereocenters. The van der Waals surface area contributed by atoms with Crippen LogP contribution in [-0.4, -0.2) is 43.2 Å². The van der Waals surface area contributed by atoms with E-state index in [1.807, 2.05) is 6.92 Å². The van der Waals surface area contributed by atoms with Crippen LogP contribution in [0, 0.1) is 5.41 Å². The van der Waals surface area contributed by atoms with Gasteiger partial charge in [0.15, 0.2) is 17.3 Å². The quantitative estimate of drug-likeness (QED) is 0.424. The van der Waals surface area contributed by atoms with Crippen molar-refractivity contribution in [1.29, 1.82) is 0 Å². The summed E-state index contributed by atoms with van der Waals surface area (Å²) < 4.78 is 22.4. The molecule has 2 aromatic carbocycles. The van der Waals surface area contributed by atoms with Gasteiger partial charge in [-0.25, -0.2) is 4.79 Å². The summed E-state index contributed by atoms with van der Waals surface area (Å²) in [5, 5.41) is 9.84. The summed E-state index contributed by atoms with van der Waals surface area (Å²) in [4.78, 5) is 37.7. The van der Waals surface area contributed by atoms with Crippen LogP contribution >= 0.6 is 0 Å². The highest BCUT2D eigenvalue weighted by Crippen LogP contribution is 2.53. The fraction of sp³-hybridized carbons (Fsp3) is 0.400. The molecule has 1 atom stereocenters. The van der Waals surface area contributed by atoms with Crippen LogP contribution in [0.3, 0.4) is 0 Å². The molecule has 1 aliphatic heterocycles. The smallest absolute Gasteiger partial charge is 0.338 e. The summed E-state index contributed by atoms with van der Waals surface area (Å²) in [6, 6.07) is 8.05. The number of cyclic esters (lactones) is 1. The summed E-state index contributed by atoms with van der Waals surface area (Å²) in [5.74, 6) is -1.05. The minimum atomic E-state index is -0.987. The van der Waals surface area contributed by atoms with E-state index >= 15 is 0 Å². The highest BCUT2D eigenvalue weighted by atomic mass is 16.5. The Bertz CT molecular complexity index is 1120. The number of hydrogen-bond donors (Lipinski definition) is 1. The largest absolute Gasteiger partial charge is 0.493 e. The molecule has 8 heteroatoms. The van der Waals surface area contributed by atoms with Crippen molar-refractivity contribution in [2.45, 2.75) is 45.3 Å². The molecule has 0 bridgehead atoms. The van der Waals surface area contributed by atoms with Gasteiger partial charge in [0, 0.05) is 11.1 Å². The lowest BCUT2D eigenvalue weighted by Crippen LogP contribution is -2.35. The number of ketones is 1. The lowest BCUT2D eigenvalue weighted by atomic mass is 9.93. The lowest BCUT2D eigenvalue weighted by Gasteiger charge is -2.27. The van der Waals surface area contributed by atoms with Crippen molar-refractivity contribution in [2.24, 2.45) is 5.41 Å². The molecule has 0 saturated heterocycles. The second-order valence-corrected chi connectivity index (χ2v) is 8.27. The predicted octanol–water partition coefficient (Wildman–Crippen LogP) is 4.02. The van der Waals surface area contributed by atoms with Gasteiger partial charge in [-0.2, -0.15) is 0 Å².